The minimum atomic E-state index is -1.20. The van der Waals surface area contributed by atoms with Crippen molar-refractivity contribution in [3.05, 3.63) is 295 Å². The minimum absolute atomic E-state index is 0. The van der Waals surface area contributed by atoms with Gasteiger partial charge in [-0.05, 0) is 51.4 Å². The number of methoxy groups -OCH3 is 3. The second-order valence-electron chi connectivity index (χ2n) is 25.1. The van der Waals surface area contributed by atoms with Gasteiger partial charge in [-0.2, -0.15) is 0 Å². The van der Waals surface area contributed by atoms with Gasteiger partial charge in [0.05, 0.1) is 82.6 Å². The van der Waals surface area contributed by atoms with E-state index < -0.39 is 85.4 Å². The van der Waals surface area contributed by atoms with Gasteiger partial charge in [0.1, 0.15) is 37.7 Å². The van der Waals surface area contributed by atoms with E-state index in [-0.39, 0.29) is 137 Å². The Kier molecular flexibility index (Phi) is 71.3. The van der Waals surface area contributed by atoms with Gasteiger partial charge in [-0.15, -0.1) is 0 Å². The molecule has 0 aliphatic heterocycles. The fourth-order valence-electron chi connectivity index (χ4n) is 9.32. The number of Topliss-reactive ketones (excluding diaryl/α,β-unsaturated/α-hetero) is 1. The summed E-state index contributed by atoms with van der Waals surface area (Å²) in [5.41, 5.74) is 23.5. The number of amides is 4. The summed E-state index contributed by atoms with van der Waals surface area (Å²) in [6, 6.07) is 74.4. The standard InChI is InChI=1S/C20H23NO4.C19H21NO4.C14H19NO3.C12H14O5.C11H16N2O2.C7H9N.C3H7NO3.CH4O.2CH4.CH3.Pd/c1-24-15-18(20(23)21-13-16-8-4-2-5-9-16)12-19(22)25-14-17-10-6-3-7-11-17;21-13-17(19(23)20-12-15-7-3-1-4-8-15)11-18(22)24-14-16-9-5-2-6-10-16;1-11(16)8-13(10-18-2)14(17)15-9-12-6-4-3-5-7-12;13-7-10(12(15)16)6-11(14)17-8-9-4-2-1-3-5-9;1-15-8-10(12)11(14)13-7-9-5-3-2-4-6-9;8-6-7-4-2-1-3-5-7;4-2(1-5)3(6)7;1-2;;;;/h2-11,18H,12-15H2,1H3,(H,21,23);1-10,17,21H,11-14H2,(H,20,23);3-7,13H,8-10H2,1-2H3,(H,15,17);1-5,10,13H,6-8H2,(H,15,16);2-6,10H,7-8,12H2,1H3,(H,13,14);1-5H,6,8H2;2,5H,1,4H2,(H,6,7);2H,1H3;2*1H4;1H3;/q;;;;;;;;;;-1;/t18-;17-;13-;2*10-;;2-;;;;;/m11111.1...../s1. The Morgan fingerprint density at radius 3 is 0.800 bits per heavy atom. The van der Waals surface area contributed by atoms with Crippen molar-refractivity contribution in [3.8, 4) is 0 Å². The maximum Gasteiger partial charge on any atom is 0.322 e. The number of nitrogens with one attached hydrogen (secondary N) is 4. The Hall–Kier alpha value is -11.1. The van der Waals surface area contributed by atoms with E-state index in [1.54, 1.807) is 12.1 Å². The largest absolute Gasteiger partial charge is 0.481 e. The Balaban J connectivity index is -0.000000668. The van der Waals surface area contributed by atoms with Crippen LogP contribution in [0, 0.1) is 31.1 Å². The number of ether oxygens (including phenoxy) is 6. The van der Waals surface area contributed by atoms with E-state index in [2.05, 4.69) is 21.3 Å². The average molecular weight is 1760 g/mol. The van der Waals surface area contributed by atoms with Crippen LogP contribution in [0.5, 0.6) is 0 Å². The van der Waals surface area contributed by atoms with Crippen molar-refractivity contribution >= 4 is 59.3 Å². The number of carbonyl (C=O) groups is 10. The monoisotopic (exact) mass is 1760 g/mol. The van der Waals surface area contributed by atoms with E-state index in [0.717, 1.165) is 46.1 Å². The topological polar surface area (TPSA) is 474 Å². The molecule has 8 aromatic carbocycles. The number of rotatable bonds is 38. The van der Waals surface area contributed by atoms with Crippen molar-refractivity contribution in [1.82, 2.24) is 21.3 Å². The molecule has 0 fully saturated rings. The molecule has 120 heavy (non-hydrogen) atoms. The van der Waals surface area contributed by atoms with Gasteiger partial charge in [0.2, 0.25) is 23.6 Å². The number of hydrogen-bond acceptors (Lipinski definition) is 23. The van der Waals surface area contributed by atoms with Crippen LogP contribution in [-0.2, 0) is 149 Å². The number of aliphatic hydroxyl groups excluding tert-OH is 4. The van der Waals surface area contributed by atoms with Crippen LogP contribution in [0.4, 0.5) is 0 Å². The molecule has 0 saturated heterocycles. The third-order valence-electron chi connectivity index (χ3n) is 15.7. The average Bonchev–Trinajstić information content (AvgIpc) is 0.981. The smallest absolute Gasteiger partial charge is 0.322 e. The van der Waals surface area contributed by atoms with Gasteiger partial charge in [-0.25, -0.2) is 0 Å². The number of aliphatic hydroxyl groups is 4. The Bertz CT molecular complexity index is 3950. The number of carbonyl (C=O) groups excluding carboxylic acids is 8. The van der Waals surface area contributed by atoms with Gasteiger partial charge in [0, 0.05) is 88.0 Å². The SMILES string of the molecule is C.C.CO.COC[C@@H](CC(=O)OCc1ccccc1)C(=O)NCc1ccccc1.COC[C@@H](CC(C)=O)C(=O)NCc1ccccc1.COC[C@@H](N)C(=O)NCc1ccccc1.NCc1ccccc1.N[C@H](CO)C(=O)O.O=C(C[C@H](CO)C(=O)NCc1ccccc1)OCc1ccccc1.O=C(C[C@H](CO)C(=O)O)OCc1ccccc1.[CH3-].[Pd]. The van der Waals surface area contributed by atoms with Crippen molar-refractivity contribution in [2.45, 2.75) is 112 Å². The van der Waals surface area contributed by atoms with E-state index in [9.17, 15) is 53.1 Å². The molecule has 0 aliphatic carbocycles. The summed E-state index contributed by atoms with van der Waals surface area (Å²) < 4.78 is 30.1. The predicted octanol–water partition coefficient (Wildman–Crippen LogP) is 8.24. The van der Waals surface area contributed by atoms with Crippen molar-refractivity contribution < 1.29 is 127 Å². The van der Waals surface area contributed by atoms with E-state index >= 15 is 0 Å². The molecule has 0 radical (unpaired) electrons. The van der Waals surface area contributed by atoms with Crippen molar-refractivity contribution in [2.24, 2.45) is 40.9 Å². The van der Waals surface area contributed by atoms with Crippen LogP contribution in [0.2, 0.25) is 0 Å². The van der Waals surface area contributed by atoms with Crippen LogP contribution in [0.1, 0.15) is 92.0 Å². The van der Waals surface area contributed by atoms with Gasteiger partial charge >= 0.3 is 29.8 Å². The molecule has 16 N–H and O–H groups in total. The van der Waals surface area contributed by atoms with Gasteiger partial charge < -0.3 is 110 Å². The van der Waals surface area contributed by atoms with Crippen LogP contribution in [-0.4, -0.2) is 170 Å². The van der Waals surface area contributed by atoms with Crippen LogP contribution < -0.4 is 38.5 Å². The molecule has 4 amide bonds. The first-order valence-electron chi connectivity index (χ1n) is 36.8. The molecule has 0 saturated carbocycles. The van der Waals surface area contributed by atoms with Gasteiger partial charge in [0.15, 0.2) is 0 Å². The third kappa shape index (κ3) is 57.1. The molecule has 8 rings (SSSR count). The van der Waals surface area contributed by atoms with Crippen molar-refractivity contribution in [3.63, 3.8) is 0 Å². The second kappa shape index (κ2) is 74.2. The van der Waals surface area contributed by atoms with Crippen LogP contribution >= 0.6 is 0 Å². The molecule has 662 valence electrons. The number of hydrogen-bond donors (Lipinski definition) is 13. The molecule has 0 aromatic heterocycles. The number of nitrogens with two attached hydrogens (primary N) is 3. The van der Waals surface area contributed by atoms with E-state index in [0.29, 0.717) is 32.7 Å². The maximum absolute atomic E-state index is 12.3. The first kappa shape index (κ1) is 115. The Morgan fingerprint density at radius 2 is 0.575 bits per heavy atom. The zero-order chi connectivity index (χ0) is 85.9. The minimum Gasteiger partial charge on any atom is -0.481 e. The molecule has 0 spiro atoms. The Morgan fingerprint density at radius 1 is 0.333 bits per heavy atom. The second-order valence-corrected chi connectivity index (χ2v) is 25.1. The summed E-state index contributed by atoms with van der Waals surface area (Å²) in [6.07, 6.45) is -0.265. The normalized spacial score (nSPS) is 11.1. The predicted molar refractivity (Wildman–Crippen MR) is 455 cm³/mol. The quantitative estimate of drug-likeness (QED) is 0.00749. The molecule has 29 nitrogen and oxygen atoms in total. The van der Waals surface area contributed by atoms with Gasteiger partial charge in [-0.1, -0.05) is 258 Å². The molecule has 0 aliphatic rings. The summed E-state index contributed by atoms with van der Waals surface area (Å²) in [7, 11) is 5.55. The summed E-state index contributed by atoms with van der Waals surface area (Å²) >= 11 is 0. The summed E-state index contributed by atoms with van der Waals surface area (Å²) in [5.74, 6) is -7.75. The van der Waals surface area contributed by atoms with Crippen molar-refractivity contribution in [2.75, 3.05) is 68.1 Å². The van der Waals surface area contributed by atoms with Crippen molar-refractivity contribution in [1.29, 1.82) is 0 Å². The molecule has 0 heterocycles. The number of carboxylic acids is 2. The zero-order valence-corrected chi connectivity index (χ0v) is 69.1. The third-order valence-corrected chi connectivity index (χ3v) is 15.7. The summed E-state index contributed by atoms with van der Waals surface area (Å²) in [6.45, 7) is 3.51. The van der Waals surface area contributed by atoms with E-state index in [1.807, 2.05) is 231 Å². The maximum atomic E-state index is 12.3. The fourth-order valence-corrected chi connectivity index (χ4v) is 9.32. The molecular weight excluding hydrogens is 1640 g/mol. The summed E-state index contributed by atoms with van der Waals surface area (Å²) in [4.78, 5) is 114. The van der Waals surface area contributed by atoms with E-state index in [1.165, 1.54) is 33.8 Å². The number of aliphatic carboxylic acids is 2. The number of benzene rings is 8. The number of ketones is 1. The number of esters is 3. The van der Waals surface area contributed by atoms with E-state index in [4.69, 9.17) is 71.2 Å². The molecule has 30 heteroatoms. The molecule has 6 atom stereocenters. The van der Waals surface area contributed by atoms with Crippen LogP contribution in [0.15, 0.2) is 243 Å². The van der Waals surface area contributed by atoms with Gasteiger partial charge in [-0.3, -0.25) is 43.2 Å². The molecular formula is C90H124N7O22Pd-. The molecule has 8 aromatic rings. The summed E-state index contributed by atoms with van der Waals surface area (Å²) in [5, 5.41) is 60.8. The first-order valence-corrected chi connectivity index (χ1v) is 36.8. The Labute approximate surface area is 719 Å². The fraction of sp³-hybridized carbons (Fsp3) is 0.344. The molecule has 0 unspecified atom stereocenters. The number of carboxylic acid groups (broad SMARTS) is 2. The molecule has 0 bridgehead atoms. The van der Waals surface area contributed by atoms with Crippen LogP contribution in [0.3, 0.4) is 0 Å². The van der Waals surface area contributed by atoms with Gasteiger partial charge in [0.25, 0.3) is 0 Å². The zero-order valence-electron chi connectivity index (χ0n) is 67.5. The first-order chi connectivity index (χ1) is 56.0. The van der Waals surface area contributed by atoms with Crippen LogP contribution in [0.25, 0.3) is 0 Å².